The van der Waals surface area contributed by atoms with Crippen molar-refractivity contribution in [2.24, 2.45) is 10.7 Å². The van der Waals surface area contributed by atoms with Gasteiger partial charge in [-0.05, 0) is 50.3 Å². The first-order valence-electron chi connectivity index (χ1n) is 11.3. The molecule has 1 aromatic heterocycles. The minimum absolute atomic E-state index is 0.0712. The Bertz CT molecular complexity index is 971. The summed E-state index contributed by atoms with van der Waals surface area (Å²) >= 11 is 0. The van der Waals surface area contributed by atoms with Crippen molar-refractivity contribution >= 4 is 22.8 Å². The normalized spacial score (nSPS) is 23.2. The molecule has 8 heteroatoms. The van der Waals surface area contributed by atoms with Crippen LogP contribution in [0.1, 0.15) is 42.5 Å². The Hall–Kier alpha value is -2.58. The van der Waals surface area contributed by atoms with E-state index in [9.17, 15) is 4.79 Å². The van der Waals surface area contributed by atoms with E-state index in [0.29, 0.717) is 32.2 Å². The van der Waals surface area contributed by atoms with Crippen molar-refractivity contribution < 1.29 is 14.3 Å². The molecule has 2 aromatic rings. The fourth-order valence-corrected chi connectivity index (χ4v) is 4.91. The molecule has 0 aliphatic carbocycles. The second-order valence-corrected chi connectivity index (χ2v) is 8.81. The number of ether oxygens (including phenoxy) is 2. The molecule has 0 radical (unpaired) electrons. The number of benzene rings is 1. The number of carbonyl (C=O) groups excluding carboxylic acids is 1. The summed E-state index contributed by atoms with van der Waals surface area (Å²) in [5, 5.41) is 4.30. The molecule has 8 nitrogen and oxygen atoms in total. The van der Waals surface area contributed by atoms with E-state index < -0.39 is 0 Å². The zero-order valence-electron chi connectivity index (χ0n) is 17.9. The predicted octanol–water partition coefficient (Wildman–Crippen LogP) is 2.08. The number of piperidine rings is 1. The number of aromatic nitrogens is 1. The molecule has 1 atom stereocenters. The Morgan fingerprint density at radius 2 is 2.16 bits per heavy atom. The third-order valence-electron chi connectivity index (χ3n) is 6.77. The van der Waals surface area contributed by atoms with E-state index in [-0.39, 0.29) is 17.7 Å². The van der Waals surface area contributed by atoms with Crippen LogP contribution in [0.2, 0.25) is 0 Å². The molecule has 5 rings (SSSR count). The number of likely N-dealkylation sites (tertiary alicyclic amines) is 1. The average molecular weight is 426 g/mol. The van der Waals surface area contributed by atoms with Gasteiger partial charge in [-0.15, -0.1) is 0 Å². The van der Waals surface area contributed by atoms with Crippen LogP contribution >= 0.6 is 0 Å². The number of rotatable bonds is 5. The van der Waals surface area contributed by atoms with Crippen LogP contribution in [-0.4, -0.2) is 66.0 Å². The van der Waals surface area contributed by atoms with Crippen LogP contribution in [0.3, 0.4) is 0 Å². The molecule has 4 heterocycles. The maximum Gasteiger partial charge on any atom is 0.254 e. The molecule has 3 aliphatic heterocycles. The fourth-order valence-electron chi connectivity index (χ4n) is 4.91. The number of hydrogen-bond donors (Lipinski definition) is 2. The van der Waals surface area contributed by atoms with Crippen LogP contribution in [0.5, 0.6) is 0 Å². The molecule has 3 aliphatic rings. The first-order chi connectivity index (χ1) is 15.1. The highest BCUT2D eigenvalue weighted by atomic mass is 16.7. The minimum Gasteiger partial charge on any atom is -0.370 e. The van der Waals surface area contributed by atoms with Crippen molar-refractivity contribution in [3.63, 3.8) is 0 Å². The Morgan fingerprint density at radius 1 is 1.29 bits per heavy atom. The number of nitrogens with zero attached hydrogens (tertiary/aromatic N) is 3. The van der Waals surface area contributed by atoms with Crippen LogP contribution < -0.4 is 11.1 Å². The van der Waals surface area contributed by atoms with Gasteiger partial charge in [-0.3, -0.25) is 9.79 Å². The highest BCUT2D eigenvalue weighted by Gasteiger charge is 2.39. The second-order valence-electron chi connectivity index (χ2n) is 8.81. The van der Waals surface area contributed by atoms with Crippen LogP contribution in [-0.2, 0) is 16.0 Å². The van der Waals surface area contributed by atoms with Crippen molar-refractivity contribution in [3.8, 4) is 0 Å². The minimum atomic E-state index is -0.0785. The molecule has 2 saturated heterocycles. The molecule has 1 amide bonds. The molecule has 1 spiro atoms. The lowest BCUT2D eigenvalue weighted by Crippen LogP contribution is -2.55. The molecule has 1 aromatic carbocycles. The Kier molecular flexibility index (Phi) is 5.58. The molecular weight excluding hydrogens is 394 g/mol. The molecule has 3 N–H and O–H groups in total. The lowest BCUT2D eigenvalue weighted by molar-refractivity contribution is -0.163. The van der Waals surface area contributed by atoms with Crippen LogP contribution in [0.15, 0.2) is 35.5 Å². The van der Waals surface area contributed by atoms with E-state index in [0.717, 1.165) is 61.7 Å². The second kappa shape index (κ2) is 8.51. The molecule has 0 saturated carbocycles. The maximum atomic E-state index is 13.3. The van der Waals surface area contributed by atoms with Gasteiger partial charge in [0.1, 0.15) is 0 Å². The van der Waals surface area contributed by atoms with E-state index in [1.807, 2.05) is 29.3 Å². The summed E-state index contributed by atoms with van der Waals surface area (Å²) in [6.45, 7) is 4.24. The third kappa shape index (κ3) is 4.14. The Balaban J connectivity index is 1.23. The SMILES string of the molecule is NC1=NCC2(CCN(C(=O)c3cccc4c3ccn4CCOC3CCCCO3)CC2)N1. The van der Waals surface area contributed by atoms with Gasteiger partial charge in [-0.2, -0.15) is 0 Å². The molecule has 31 heavy (non-hydrogen) atoms. The summed E-state index contributed by atoms with van der Waals surface area (Å²) in [4.78, 5) is 19.6. The number of nitrogens with one attached hydrogen (secondary N) is 1. The highest BCUT2D eigenvalue weighted by molar-refractivity contribution is 6.06. The van der Waals surface area contributed by atoms with Gasteiger partial charge in [0.05, 0.1) is 18.7 Å². The quantitative estimate of drug-likeness (QED) is 0.765. The zero-order valence-corrected chi connectivity index (χ0v) is 17.9. The molecule has 1 unspecified atom stereocenters. The van der Waals surface area contributed by atoms with Crippen molar-refractivity contribution in [1.29, 1.82) is 0 Å². The monoisotopic (exact) mass is 425 g/mol. The van der Waals surface area contributed by atoms with E-state index in [4.69, 9.17) is 15.2 Å². The number of nitrogens with two attached hydrogens (primary N) is 1. The first kappa shape index (κ1) is 20.3. The smallest absolute Gasteiger partial charge is 0.254 e. The average Bonchev–Trinajstić information content (AvgIpc) is 3.38. The van der Waals surface area contributed by atoms with E-state index in [1.165, 1.54) is 0 Å². The predicted molar refractivity (Wildman–Crippen MR) is 119 cm³/mol. The van der Waals surface area contributed by atoms with E-state index >= 15 is 0 Å². The van der Waals surface area contributed by atoms with Gasteiger partial charge in [-0.25, -0.2) is 0 Å². The number of guanidine groups is 1. The summed E-state index contributed by atoms with van der Waals surface area (Å²) in [5.74, 6) is 0.613. The van der Waals surface area contributed by atoms with Gasteiger partial charge in [0.15, 0.2) is 12.2 Å². The summed E-state index contributed by atoms with van der Waals surface area (Å²) in [6, 6.07) is 8.01. The van der Waals surface area contributed by atoms with E-state index in [2.05, 4.69) is 20.9 Å². The Morgan fingerprint density at radius 3 is 2.90 bits per heavy atom. The molecule has 0 bridgehead atoms. The highest BCUT2D eigenvalue weighted by Crippen LogP contribution is 2.28. The number of amides is 1. The van der Waals surface area contributed by atoms with Crippen molar-refractivity contribution in [2.45, 2.75) is 50.5 Å². The fraction of sp³-hybridized carbons (Fsp3) is 0.565. The van der Waals surface area contributed by atoms with Gasteiger partial charge >= 0.3 is 0 Å². The van der Waals surface area contributed by atoms with E-state index in [1.54, 1.807) is 0 Å². The summed E-state index contributed by atoms with van der Waals surface area (Å²) in [6.07, 6.45) is 6.94. The van der Waals surface area contributed by atoms with Crippen LogP contribution in [0, 0.1) is 0 Å². The zero-order chi connectivity index (χ0) is 21.3. The van der Waals surface area contributed by atoms with Gasteiger partial charge in [0, 0.05) is 48.9 Å². The van der Waals surface area contributed by atoms with Gasteiger partial charge in [0.2, 0.25) is 0 Å². The van der Waals surface area contributed by atoms with Crippen molar-refractivity contribution in [2.75, 3.05) is 32.8 Å². The largest absolute Gasteiger partial charge is 0.370 e. The number of carbonyl (C=O) groups is 1. The number of hydrogen-bond acceptors (Lipinski definition) is 6. The van der Waals surface area contributed by atoms with Gasteiger partial charge < -0.3 is 30.0 Å². The van der Waals surface area contributed by atoms with Gasteiger partial charge in [-0.1, -0.05) is 6.07 Å². The standard InChI is InChI=1S/C23H31N5O3/c24-22-25-16-23(26-22)8-11-28(12-9-23)21(29)18-4-3-5-19-17(18)7-10-27(19)13-15-31-20-6-1-2-14-30-20/h3-5,7,10,20H,1-2,6,8-9,11-16H2,(H3,24,25,26). The maximum absolute atomic E-state index is 13.3. The molecule has 2 fully saturated rings. The van der Waals surface area contributed by atoms with Crippen molar-refractivity contribution in [3.05, 3.63) is 36.0 Å². The van der Waals surface area contributed by atoms with Gasteiger partial charge in [0.25, 0.3) is 5.91 Å². The summed E-state index contributed by atoms with van der Waals surface area (Å²) < 4.78 is 13.7. The van der Waals surface area contributed by atoms with Crippen molar-refractivity contribution in [1.82, 2.24) is 14.8 Å². The molecule has 166 valence electrons. The number of aliphatic imine (C=N–C) groups is 1. The summed E-state index contributed by atoms with van der Waals surface area (Å²) in [5.41, 5.74) is 7.56. The number of fused-ring (bicyclic) bond motifs is 1. The Labute approximate surface area is 182 Å². The topological polar surface area (TPSA) is 94.1 Å². The lowest BCUT2D eigenvalue weighted by atomic mass is 9.88. The molecular formula is C23H31N5O3. The lowest BCUT2D eigenvalue weighted by Gasteiger charge is -2.39. The van der Waals surface area contributed by atoms with Crippen LogP contribution in [0.25, 0.3) is 10.9 Å². The summed E-state index contributed by atoms with van der Waals surface area (Å²) in [7, 11) is 0. The first-order valence-corrected chi connectivity index (χ1v) is 11.3. The third-order valence-corrected chi connectivity index (χ3v) is 6.77. The van der Waals surface area contributed by atoms with Crippen LogP contribution in [0.4, 0.5) is 0 Å².